The highest BCUT2D eigenvalue weighted by Gasteiger charge is 2.16. The maximum Gasteiger partial charge on any atom is 0.354 e. The van der Waals surface area contributed by atoms with E-state index in [0.29, 0.717) is 5.69 Å². The van der Waals surface area contributed by atoms with Crippen LogP contribution >= 0.6 is 11.3 Å². The third-order valence-electron chi connectivity index (χ3n) is 2.26. The first kappa shape index (κ1) is 10.9. The summed E-state index contributed by atoms with van der Waals surface area (Å²) in [6.45, 7) is 3.83. The van der Waals surface area contributed by atoms with E-state index in [1.165, 1.54) is 4.68 Å². The van der Waals surface area contributed by atoms with Gasteiger partial charge >= 0.3 is 5.97 Å². The summed E-state index contributed by atoms with van der Waals surface area (Å²) < 4.78 is 1.54. The molecule has 0 aromatic carbocycles. The van der Waals surface area contributed by atoms with E-state index >= 15 is 0 Å². The topological polar surface area (TPSA) is 55.1 Å². The minimum Gasteiger partial charge on any atom is -0.477 e. The second kappa shape index (κ2) is 4.09. The average molecular weight is 236 g/mol. The van der Waals surface area contributed by atoms with E-state index in [1.807, 2.05) is 30.7 Å². The van der Waals surface area contributed by atoms with Crippen LogP contribution in [0, 0.1) is 0 Å². The summed E-state index contributed by atoms with van der Waals surface area (Å²) in [7, 11) is 0. The SMILES string of the molecule is CC(C)n1nc(-c2ccsc2)cc1C(=O)O. The summed E-state index contributed by atoms with van der Waals surface area (Å²) in [5.41, 5.74) is 1.91. The Balaban J connectivity index is 2.51. The molecule has 2 rings (SSSR count). The molecule has 0 bridgehead atoms. The molecular formula is C11H12N2O2S. The van der Waals surface area contributed by atoms with Gasteiger partial charge in [0.15, 0.2) is 0 Å². The van der Waals surface area contributed by atoms with Gasteiger partial charge in [-0.3, -0.25) is 4.68 Å². The number of rotatable bonds is 3. The Morgan fingerprint density at radius 1 is 1.56 bits per heavy atom. The molecule has 0 atom stereocenters. The second-order valence-electron chi connectivity index (χ2n) is 3.77. The van der Waals surface area contributed by atoms with Crippen molar-refractivity contribution in [2.75, 3.05) is 0 Å². The fourth-order valence-electron chi connectivity index (χ4n) is 1.50. The summed E-state index contributed by atoms with van der Waals surface area (Å²) in [4.78, 5) is 11.1. The van der Waals surface area contributed by atoms with E-state index in [-0.39, 0.29) is 11.7 Å². The van der Waals surface area contributed by atoms with Crippen molar-refractivity contribution < 1.29 is 9.90 Å². The molecule has 0 saturated heterocycles. The van der Waals surface area contributed by atoms with Crippen LogP contribution in [0.5, 0.6) is 0 Å². The van der Waals surface area contributed by atoms with Crippen molar-refractivity contribution in [2.24, 2.45) is 0 Å². The number of hydrogen-bond acceptors (Lipinski definition) is 3. The standard InChI is InChI=1S/C11H12N2O2S/c1-7(2)13-10(11(14)15)5-9(12-13)8-3-4-16-6-8/h3-7H,1-2H3,(H,14,15). The van der Waals surface area contributed by atoms with E-state index < -0.39 is 5.97 Å². The zero-order valence-corrected chi connectivity index (χ0v) is 9.86. The summed E-state index contributed by atoms with van der Waals surface area (Å²) >= 11 is 1.57. The van der Waals surface area contributed by atoms with Crippen molar-refractivity contribution in [1.82, 2.24) is 9.78 Å². The van der Waals surface area contributed by atoms with Crippen LogP contribution in [0.2, 0.25) is 0 Å². The molecule has 5 heteroatoms. The van der Waals surface area contributed by atoms with Crippen molar-refractivity contribution in [3.8, 4) is 11.3 Å². The molecule has 0 fully saturated rings. The lowest BCUT2D eigenvalue weighted by Gasteiger charge is -2.07. The molecule has 2 aromatic heterocycles. The first-order chi connectivity index (χ1) is 7.59. The van der Waals surface area contributed by atoms with Gasteiger partial charge in [0.1, 0.15) is 5.69 Å². The molecule has 0 saturated carbocycles. The van der Waals surface area contributed by atoms with E-state index in [4.69, 9.17) is 5.11 Å². The maximum atomic E-state index is 11.1. The Morgan fingerprint density at radius 2 is 2.31 bits per heavy atom. The van der Waals surface area contributed by atoms with Crippen LogP contribution in [0.1, 0.15) is 30.4 Å². The molecule has 4 nitrogen and oxygen atoms in total. The molecule has 1 N–H and O–H groups in total. The number of aromatic carboxylic acids is 1. The smallest absolute Gasteiger partial charge is 0.354 e. The molecule has 0 unspecified atom stereocenters. The van der Waals surface area contributed by atoms with E-state index in [2.05, 4.69) is 5.10 Å². The van der Waals surface area contributed by atoms with Crippen LogP contribution in [0.25, 0.3) is 11.3 Å². The van der Waals surface area contributed by atoms with Crippen LogP contribution in [-0.2, 0) is 0 Å². The third kappa shape index (κ3) is 1.86. The zero-order chi connectivity index (χ0) is 11.7. The highest BCUT2D eigenvalue weighted by atomic mass is 32.1. The molecule has 2 aromatic rings. The van der Waals surface area contributed by atoms with Crippen molar-refractivity contribution >= 4 is 17.3 Å². The van der Waals surface area contributed by atoms with Gasteiger partial charge in [0, 0.05) is 17.0 Å². The number of hydrogen-bond donors (Lipinski definition) is 1. The molecule has 0 radical (unpaired) electrons. The van der Waals surface area contributed by atoms with E-state index in [9.17, 15) is 4.79 Å². The van der Waals surface area contributed by atoms with E-state index in [0.717, 1.165) is 5.56 Å². The summed E-state index contributed by atoms with van der Waals surface area (Å²) in [6.07, 6.45) is 0. The number of carboxylic acid groups (broad SMARTS) is 1. The van der Waals surface area contributed by atoms with Gasteiger partial charge in [-0.2, -0.15) is 16.4 Å². The number of thiophene rings is 1. The van der Waals surface area contributed by atoms with Crippen LogP contribution in [0.4, 0.5) is 0 Å². The zero-order valence-electron chi connectivity index (χ0n) is 9.04. The highest BCUT2D eigenvalue weighted by molar-refractivity contribution is 7.08. The molecule has 0 aliphatic rings. The van der Waals surface area contributed by atoms with Crippen molar-refractivity contribution in [3.63, 3.8) is 0 Å². The molecule has 84 valence electrons. The Morgan fingerprint density at radius 3 is 2.75 bits per heavy atom. The number of aromatic nitrogens is 2. The maximum absolute atomic E-state index is 11.1. The quantitative estimate of drug-likeness (QED) is 0.891. The minimum absolute atomic E-state index is 0.0403. The summed E-state index contributed by atoms with van der Waals surface area (Å²) in [5, 5.41) is 17.3. The molecular weight excluding hydrogens is 224 g/mol. The molecule has 0 aliphatic heterocycles. The highest BCUT2D eigenvalue weighted by Crippen LogP contribution is 2.23. The van der Waals surface area contributed by atoms with Gasteiger partial charge < -0.3 is 5.11 Å². The van der Waals surface area contributed by atoms with Gasteiger partial charge in [0.05, 0.1) is 5.69 Å². The van der Waals surface area contributed by atoms with Crippen LogP contribution in [-0.4, -0.2) is 20.9 Å². The largest absolute Gasteiger partial charge is 0.477 e. The predicted octanol–water partition coefficient (Wildman–Crippen LogP) is 2.89. The normalized spacial score (nSPS) is 10.9. The Hall–Kier alpha value is -1.62. The Kier molecular flexibility index (Phi) is 2.78. The lowest BCUT2D eigenvalue weighted by atomic mass is 10.2. The van der Waals surface area contributed by atoms with Crippen molar-refractivity contribution in [1.29, 1.82) is 0 Å². The van der Waals surface area contributed by atoms with Gasteiger partial charge in [-0.05, 0) is 31.4 Å². The minimum atomic E-state index is -0.942. The first-order valence-corrected chi connectivity index (χ1v) is 5.89. The fourth-order valence-corrected chi connectivity index (χ4v) is 2.15. The van der Waals surface area contributed by atoms with Gasteiger partial charge in [-0.15, -0.1) is 0 Å². The monoisotopic (exact) mass is 236 g/mol. The number of carboxylic acids is 1. The second-order valence-corrected chi connectivity index (χ2v) is 4.55. The Labute approximate surface area is 97.2 Å². The van der Waals surface area contributed by atoms with Gasteiger partial charge in [-0.1, -0.05) is 0 Å². The third-order valence-corrected chi connectivity index (χ3v) is 2.94. The van der Waals surface area contributed by atoms with Crippen LogP contribution in [0.15, 0.2) is 22.9 Å². The molecule has 0 amide bonds. The van der Waals surface area contributed by atoms with Gasteiger partial charge in [0.25, 0.3) is 0 Å². The lowest BCUT2D eigenvalue weighted by molar-refractivity contribution is 0.0681. The molecule has 0 spiro atoms. The predicted molar refractivity (Wildman–Crippen MR) is 62.9 cm³/mol. The number of nitrogens with zero attached hydrogens (tertiary/aromatic N) is 2. The van der Waals surface area contributed by atoms with Gasteiger partial charge in [0.2, 0.25) is 0 Å². The van der Waals surface area contributed by atoms with Crippen molar-refractivity contribution in [2.45, 2.75) is 19.9 Å². The molecule has 0 aliphatic carbocycles. The Bertz CT molecular complexity index is 500. The first-order valence-electron chi connectivity index (χ1n) is 4.95. The van der Waals surface area contributed by atoms with Gasteiger partial charge in [-0.25, -0.2) is 4.79 Å². The molecule has 16 heavy (non-hydrogen) atoms. The fraction of sp³-hybridized carbons (Fsp3) is 0.273. The lowest BCUT2D eigenvalue weighted by Crippen LogP contribution is -2.11. The van der Waals surface area contributed by atoms with Crippen molar-refractivity contribution in [3.05, 3.63) is 28.6 Å². The van der Waals surface area contributed by atoms with Crippen LogP contribution < -0.4 is 0 Å². The summed E-state index contributed by atoms with van der Waals surface area (Å²) in [5.74, 6) is -0.942. The summed E-state index contributed by atoms with van der Waals surface area (Å²) in [6, 6.07) is 3.59. The van der Waals surface area contributed by atoms with Crippen LogP contribution in [0.3, 0.4) is 0 Å². The number of carbonyl (C=O) groups is 1. The van der Waals surface area contributed by atoms with E-state index in [1.54, 1.807) is 17.4 Å². The molecule has 2 heterocycles. The average Bonchev–Trinajstić information content (AvgIpc) is 2.86.